The lowest BCUT2D eigenvalue weighted by Crippen LogP contribution is -1.88. The largest absolute Gasteiger partial charge is 0.203 e. The van der Waals surface area contributed by atoms with Gasteiger partial charge in [0.15, 0.2) is 23.3 Å². The predicted octanol–water partition coefficient (Wildman–Crippen LogP) is 6.67. The molecule has 114 valence electrons. The van der Waals surface area contributed by atoms with Gasteiger partial charge in [-0.25, -0.2) is 17.6 Å². The minimum absolute atomic E-state index is 0.151. The van der Waals surface area contributed by atoms with Crippen molar-refractivity contribution in [3.05, 3.63) is 81.3 Å². The van der Waals surface area contributed by atoms with E-state index in [0.29, 0.717) is 4.47 Å². The van der Waals surface area contributed by atoms with E-state index < -0.39 is 23.3 Å². The number of benzene rings is 2. The molecule has 5 heteroatoms. The summed E-state index contributed by atoms with van der Waals surface area (Å²) in [6.45, 7) is 1.77. The van der Waals surface area contributed by atoms with E-state index in [1.165, 1.54) is 36.4 Å². The summed E-state index contributed by atoms with van der Waals surface area (Å²) in [4.78, 5) is 0. The van der Waals surface area contributed by atoms with Gasteiger partial charge in [0, 0.05) is 15.6 Å². The average molecular weight is 371 g/mol. The van der Waals surface area contributed by atoms with E-state index in [0.717, 1.165) is 5.56 Å². The molecular weight excluding hydrogens is 360 g/mol. The Bertz CT molecular complexity index is 663. The average Bonchev–Trinajstić information content (AvgIpc) is 2.53. The lowest BCUT2D eigenvalue weighted by molar-refractivity contribution is 0.519. The smallest absolute Gasteiger partial charge is 0.198 e. The van der Waals surface area contributed by atoms with E-state index in [9.17, 15) is 17.6 Å². The third kappa shape index (κ3) is 3.65. The van der Waals surface area contributed by atoms with Crippen LogP contribution in [-0.4, -0.2) is 0 Å². The van der Waals surface area contributed by atoms with E-state index in [1.807, 2.05) is 0 Å². The van der Waals surface area contributed by atoms with Gasteiger partial charge in [0.1, 0.15) is 0 Å². The fourth-order valence-corrected chi connectivity index (χ4v) is 2.01. The Morgan fingerprint density at radius 1 is 0.682 bits per heavy atom. The monoisotopic (exact) mass is 370 g/mol. The highest BCUT2D eigenvalue weighted by atomic mass is 79.9. The van der Waals surface area contributed by atoms with Crippen molar-refractivity contribution in [2.75, 3.05) is 0 Å². The minimum atomic E-state index is -1.86. The summed E-state index contributed by atoms with van der Waals surface area (Å²) >= 11 is 3.14. The van der Waals surface area contributed by atoms with Crippen molar-refractivity contribution in [3.8, 4) is 0 Å². The lowest BCUT2D eigenvalue weighted by Gasteiger charge is -2.03. The summed E-state index contributed by atoms with van der Waals surface area (Å²) in [5.74, 6) is -6.61. The summed E-state index contributed by atoms with van der Waals surface area (Å²) in [6.07, 6.45) is 0. The number of rotatable bonds is 3. The third-order valence-electron chi connectivity index (χ3n) is 2.98. The molecule has 0 heterocycles. The molecule has 0 unspecified atom stereocenters. The third-order valence-corrected chi connectivity index (χ3v) is 3.51. The summed E-state index contributed by atoms with van der Waals surface area (Å²) < 4.78 is 56.1. The first-order chi connectivity index (χ1) is 10.4. The Balaban J connectivity index is 2.43. The van der Waals surface area contributed by atoms with Crippen molar-refractivity contribution >= 4 is 27.6 Å². The Morgan fingerprint density at radius 2 is 1.05 bits per heavy atom. The fourth-order valence-electron chi connectivity index (χ4n) is 1.74. The molecule has 0 aromatic heterocycles. The highest BCUT2D eigenvalue weighted by molar-refractivity contribution is 9.10. The maximum atomic E-state index is 13.9. The molecule has 0 aliphatic heterocycles. The maximum absolute atomic E-state index is 13.9. The molecule has 2 aromatic rings. The van der Waals surface area contributed by atoms with E-state index in [-0.39, 0.29) is 11.1 Å². The minimum Gasteiger partial charge on any atom is -0.203 e. The highest BCUT2D eigenvalue weighted by Gasteiger charge is 2.19. The van der Waals surface area contributed by atoms with Crippen LogP contribution in [0.4, 0.5) is 17.6 Å². The van der Waals surface area contributed by atoms with Gasteiger partial charge < -0.3 is 0 Å². The first-order valence-electron chi connectivity index (χ1n) is 6.34. The molecule has 2 rings (SSSR count). The van der Waals surface area contributed by atoms with E-state index in [4.69, 9.17) is 0 Å². The van der Waals surface area contributed by atoms with Crippen molar-refractivity contribution in [3.63, 3.8) is 0 Å². The molecule has 22 heavy (non-hydrogen) atoms. The zero-order valence-electron chi connectivity index (χ0n) is 11.5. The van der Waals surface area contributed by atoms with Crippen molar-refractivity contribution < 1.29 is 17.6 Å². The molecule has 0 bridgehead atoms. The van der Waals surface area contributed by atoms with Crippen molar-refractivity contribution in [1.82, 2.24) is 0 Å². The molecule has 0 atom stereocenters. The van der Waals surface area contributed by atoms with Gasteiger partial charge in [-0.05, 0) is 19.1 Å². The second-order valence-electron chi connectivity index (χ2n) is 4.63. The first kappa shape index (κ1) is 16.5. The summed E-state index contributed by atoms with van der Waals surface area (Å²) in [6, 6.07) is 11.2. The molecule has 0 amide bonds. The predicted molar refractivity (Wildman–Crippen MR) is 83.6 cm³/mol. The molecule has 2 aromatic carbocycles. The molecular formula is C17H11BrF4. The SMILES string of the molecule is Cc1ccc(/C(F)=C(F)/C(F)=C(\F)c2ccc(Br)cc2)cc1. The van der Waals surface area contributed by atoms with Crippen LogP contribution in [0, 0.1) is 6.92 Å². The van der Waals surface area contributed by atoms with Gasteiger partial charge in [0.25, 0.3) is 0 Å². The number of hydrogen-bond acceptors (Lipinski definition) is 0. The van der Waals surface area contributed by atoms with E-state index in [2.05, 4.69) is 15.9 Å². The summed E-state index contributed by atoms with van der Waals surface area (Å²) in [7, 11) is 0. The quantitative estimate of drug-likeness (QED) is 0.417. The van der Waals surface area contributed by atoms with E-state index >= 15 is 0 Å². The zero-order chi connectivity index (χ0) is 16.3. The van der Waals surface area contributed by atoms with Crippen LogP contribution in [0.3, 0.4) is 0 Å². The van der Waals surface area contributed by atoms with Crippen molar-refractivity contribution in [2.45, 2.75) is 6.92 Å². The normalized spacial score (nSPS) is 13.5. The van der Waals surface area contributed by atoms with E-state index in [1.54, 1.807) is 19.1 Å². The molecule has 0 aliphatic rings. The topological polar surface area (TPSA) is 0 Å². The van der Waals surface area contributed by atoms with Crippen LogP contribution in [0.15, 0.2) is 64.7 Å². The fraction of sp³-hybridized carbons (Fsp3) is 0.0588. The maximum Gasteiger partial charge on any atom is 0.198 e. The Hall–Kier alpha value is -1.88. The Labute approximate surface area is 133 Å². The standard InChI is InChI=1S/C17H11BrF4/c1-10-2-4-11(5-3-10)14(19)16(21)17(22)15(20)12-6-8-13(18)9-7-12/h2-9H,1H3/b16-14+,17-15+. The molecule has 0 radical (unpaired) electrons. The molecule has 0 spiro atoms. The van der Waals surface area contributed by atoms with Crippen LogP contribution in [-0.2, 0) is 0 Å². The van der Waals surface area contributed by atoms with Crippen molar-refractivity contribution in [1.29, 1.82) is 0 Å². The molecule has 0 fully saturated rings. The second-order valence-corrected chi connectivity index (χ2v) is 5.54. The van der Waals surface area contributed by atoms with Crippen LogP contribution in [0.2, 0.25) is 0 Å². The van der Waals surface area contributed by atoms with Crippen LogP contribution < -0.4 is 0 Å². The van der Waals surface area contributed by atoms with Gasteiger partial charge in [-0.1, -0.05) is 57.9 Å². The van der Waals surface area contributed by atoms with Crippen LogP contribution >= 0.6 is 15.9 Å². The lowest BCUT2D eigenvalue weighted by atomic mass is 10.1. The number of aryl methyl sites for hydroxylation is 1. The number of allylic oxidation sites excluding steroid dienone is 2. The van der Waals surface area contributed by atoms with Gasteiger partial charge in [0.05, 0.1) is 0 Å². The zero-order valence-corrected chi connectivity index (χ0v) is 13.1. The Kier molecular flexibility index (Phi) is 5.19. The molecule has 0 N–H and O–H groups in total. The van der Waals surface area contributed by atoms with Gasteiger partial charge in [0.2, 0.25) is 0 Å². The van der Waals surface area contributed by atoms with Gasteiger partial charge in [-0.2, -0.15) is 0 Å². The van der Waals surface area contributed by atoms with Gasteiger partial charge >= 0.3 is 0 Å². The van der Waals surface area contributed by atoms with Gasteiger partial charge in [-0.3, -0.25) is 0 Å². The molecule has 0 saturated carbocycles. The summed E-state index contributed by atoms with van der Waals surface area (Å²) in [5.41, 5.74) is 0.517. The molecule has 0 nitrogen and oxygen atoms in total. The molecule has 0 aliphatic carbocycles. The van der Waals surface area contributed by atoms with Crippen LogP contribution in [0.25, 0.3) is 11.7 Å². The van der Waals surface area contributed by atoms with Crippen LogP contribution in [0.1, 0.15) is 16.7 Å². The Morgan fingerprint density at radius 3 is 1.45 bits per heavy atom. The van der Waals surface area contributed by atoms with Crippen LogP contribution in [0.5, 0.6) is 0 Å². The van der Waals surface area contributed by atoms with Gasteiger partial charge in [-0.15, -0.1) is 0 Å². The van der Waals surface area contributed by atoms with Crippen molar-refractivity contribution in [2.24, 2.45) is 0 Å². The molecule has 0 saturated heterocycles. The first-order valence-corrected chi connectivity index (χ1v) is 7.13. The summed E-state index contributed by atoms with van der Waals surface area (Å²) in [5, 5.41) is 0. The highest BCUT2D eigenvalue weighted by Crippen LogP contribution is 2.33. The number of halogens is 5. The number of hydrogen-bond donors (Lipinski definition) is 0. The second kappa shape index (κ2) is 6.92.